The topological polar surface area (TPSA) is 92.9 Å². The van der Waals surface area contributed by atoms with Gasteiger partial charge < -0.3 is 15.6 Å². The molecule has 112 valence electrons. The Hall–Kier alpha value is -1.31. The number of nitrogens with two attached hydrogens (primary N) is 1. The summed E-state index contributed by atoms with van der Waals surface area (Å²) in [6.45, 7) is 0.719. The van der Waals surface area contributed by atoms with Gasteiger partial charge in [-0.2, -0.15) is 4.31 Å². The summed E-state index contributed by atoms with van der Waals surface area (Å²) in [5.74, 6) is 0.452. The molecule has 1 aliphatic rings. The average Bonchev–Trinajstić information content (AvgIpc) is 2.38. The van der Waals surface area contributed by atoms with E-state index < -0.39 is 16.1 Å². The summed E-state index contributed by atoms with van der Waals surface area (Å²) in [6, 6.07) is 6.86. The van der Waals surface area contributed by atoms with Crippen LogP contribution in [0.4, 0.5) is 5.69 Å². The smallest absolute Gasteiger partial charge is 0.217 e. The third-order valence-electron chi connectivity index (χ3n) is 3.22. The average molecular weight is 300 g/mol. The van der Waals surface area contributed by atoms with Crippen molar-refractivity contribution >= 4 is 15.7 Å². The fourth-order valence-corrected chi connectivity index (χ4v) is 3.53. The van der Waals surface area contributed by atoms with E-state index in [1.54, 1.807) is 24.3 Å². The van der Waals surface area contributed by atoms with Crippen LogP contribution in [0.3, 0.4) is 0 Å². The molecular weight excluding hydrogens is 280 g/mol. The summed E-state index contributed by atoms with van der Waals surface area (Å²) in [7, 11) is -3.38. The van der Waals surface area contributed by atoms with Crippen LogP contribution in [0.1, 0.15) is 12.8 Å². The quantitative estimate of drug-likeness (QED) is 0.769. The number of benzene rings is 1. The number of rotatable bonds is 5. The van der Waals surface area contributed by atoms with Crippen LogP contribution in [0, 0.1) is 0 Å². The van der Waals surface area contributed by atoms with Gasteiger partial charge in [-0.3, -0.25) is 0 Å². The summed E-state index contributed by atoms with van der Waals surface area (Å²) in [5.41, 5.74) is 6.19. The largest absolute Gasteiger partial charge is 0.492 e. The molecule has 1 aromatic carbocycles. The molecule has 0 amide bonds. The normalized spacial score (nSPS) is 20.8. The van der Waals surface area contributed by atoms with Gasteiger partial charge in [-0.25, -0.2) is 8.42 Å². The maximum Gasteiger partial charge on any atom is 0.217 e. The van der Waals surface area contributed by atoms with Crippen molar-refractivity contribution in [2.45, 2.75) is 18.9 Å². The maximum absolute atomic E-state index is 12.1. The van der Waals surface area contributed by atoms with E-state index in [0.29, 0.717) is 30.8 Å². The third-order valence-corrected chi connectivity index (χ3v) is 5.02. The van der Waals surface area contributed by atoms with E-state index in [4.69, 9.17) is 10.5 Å². The number of ether oxygens (including phenoxy) is 1. The molecule has 1 aliphatic heterocycles. The molecule has 1 heterocycles. The number of sulfonamides is 1. The predicted molar refractivity (Wildman–Crippen MR) is 77.0 cm³/mol. The number of nitrogen functional groups attached to an aromatic ring is 1. The first-order valence-electron chi connectivity index (χ1n) is 6.61. The van der Waals surface area contributed by atoms with E-state index in [2.05, 4.69) is 0 Å². The molecule has 1 unspecified atom stereocenters. The van der Waals surface area contributed by atoms with Crippen LogP contribution in [0.25, 0.3) is 0 Å². The number of piperidine rings is 1. The van der Waals surface area contributed by atoms with Gasteiger partial charge in [-0.1, -0.05) is 6.07 Å². The SMILES string of the molecule is Nc1cccc(OCCS(=O)(=O)N2CCCC(O)C2)c1. The van der Waals surface area contributed by atoms with Crippen molar-refractivity contribution in [2.75, 3.05) is 31.2 Å². The van der Waals surface area contributed by atoms with Gasteiger partial charge in [-0.05, 0) is 25.0 Å². The molecule has 6 nitrogen and oxygen atoms in total. The monoisotopic (exact) mass is 300 g/mol. The minimum atomic E-state index is -3.38. The Labute approximate surface area is 119 Å². The molecule has 1 saturated heterocycles. The molecule has 3 N–H and O–H groups in total. The lowest BCUT2D eigenvalue weighted by molar-refractivity contribution is 0.108. The molecule has 0 spiro atoms. The molecule has 1 fully saturated rings. The Bertz CT molecular complexity index is 547. The first-order valence-corrected chi connectivity index (χ1v) is 8.22. The van der Waals surface area contributed by atoms with Gasteiger partial charge in [0, 0.05) is 24.8 Å². The van der Waals surface area contributed by atoms with Crippen molar-refractivity contribution in [2.24, 2.45) is 0 Å². The number of aliphatic hydroxyl groups is 1. The van der Waals surface area contributed by atoms with Crippen molar-refractivity contribution in [3.63, 3.8) is 0 Å². The summed E-state index contributed by atoms with van der Waals surface area (Å²) in [4.78, 5) is 0. The third kappa shape index (κ3) is 4.09. The second-order valence-corrected chi connectivity index (χ2v) is 6.98. The van der Waals surface area contributed by atoms with E-state index in [-0.39, 0.29) is 18.9 Å². The van der Waals surface area contributed by atoms with Crippen LogP contribution in [-0.2, 0) is 10.0 Å². The van der Waals surface area contributed by atoms with Crippen LogP contribution in [0.15, 0.2) is 24.3 Å². The highest BCUT2D eigenvalue weighted by Crippen LogP contribution is 2.16. The minimum absolute atomic E-state index is 0.0678. The van der Waals surface area contributed by atoms with E-state index in [1.165, 1.54) is 4.31 Å². The van der Waals surface area contributed by atoms with E-state index in [1.807, 2.05) is 0 Å². The Morgan fingerprint density at radius 3 is 2.95 bits per heavy atom. The summed E-state index contributed by atoms with van der Waals surface area (Å²) in [5, 5.41) is 9.53. The van der Waals surface area contributed by atoms with Crippen molar-refractivity contribution in [3.05, 3.63) is 24.3 Å². The lowest BCUT2D eigenvalue weighted by Gasteiger charge is -2.29. The molecule has 20 heavy (non-hydrogen) atoms. The van der Waals surface area contributed by atoms with Crippen LogP contribution < -0.4 is 10.5 Å². The number of β-amino-alcohol motifs (C(OH)–C–C–N with tert-alkyl or cyclic N) is 1. The molecule has 1 aromatic rings. The van der Waals surface area contributed by atoms with Gasteiger partial charge in [0.2, 0.25) is 10.0 Å². The van der Waals surface area contributed by atoms with Crippen molar-refractivity contribution in [1.29, 1.82) is 0 Å². The van der Waals surface area contributed by atoms with Gasteiger partial charge in [0.05, 0.1) is 11.9 Å². The molecule has 7 heteroatoms. The zero-order valence-electron chi connectivity index (χ0n) is 11.2. The van der Waals surface area contributed by atoms with Crippen LogP contribution >= 0.6 is 0 Å². The van der Waals surface area contributed by atoms with Crippen LogP contribution in [0.5, 0.6) is 5.75 Å². The lowest BCUT2D eigenvalue weighted by Crippen LogP contribution is -2.43. The summed E-state index contributed by atoms with van der Waals surface area (Å²) >= 11 is 0. The summed E-state index contributed by atoms with van der Waals surface area (Å²) < 4.78 is 30.9. The number of aliphatic hydroxyl groups excluding tert-OH is 1. The molecule has 0 radical (unpaired) electrons. The molecule has 0 bridgehead atoms. The van der Waals surface area contributed by atoms with Crippen molar-refractivity contribution in [3.8, 4) is 5.75 Å². The van der Waals surface area contributed by atoms with Gasteiger partial charge in [0.1, 0.15) is 12.4 Å². The molecule has 0 aliphatic carbocycles. The van der Waals surface area contributed by atoms with Gasteiger partial charge >= 0.3 is 0 Å². The highest BCUT2D eigenvalue weighted by Gasteiger charge is 2.27. The fourth-order valence-electron chi connectivity index (χ4n) is 2.17. The number of hydrogen-bond acceptors (Lipinski definition) is 5. The number of hydrogen-bond donors (Lipinski definition) is 2. The highest BCUT2D eigenvalue weighted by atomic mass is 32.2. The molecule has 0 aromatic heterocycles. The fraction of sp³-hybridized carbons (Fsp3) is 0.538. The molecule has 1 atom stereocenters. The Morgan fingerprint density at radius 2 is 2.25 bits per heavy atom. The number of anilines is 1. The second-order valence-electron chi connectivity index (χ2n) is 4.89. The van der Waals surface area contributed by atoms with Gasteiger partial charge in [0.25, 0.3) is 0 Å². The van der Waals surface area contributed by atoms with E-state index in [9.17, 15) is 13.5 Å². The molecule has 2 rings (SSSR count). The zero-order chi connectivity index (χ0) is 14.6. The maximum atomic E-state index is 12.1. The van der Waals surface area contributed by atoms with Crippen molar-refractivity contribution < 1.29 is 18.3 Å². The van der Waals surface area contributed by atoms with Crippen LogP contribution in [-0.4, -0.2) is 49.4 Å². The Morgan fingerprint density at radius 1 is 1.45 bits per heavy atom. The molecular formula is C13H20N2O4S. The highest BCUT2D eigenvalue weighted by molar-refractivity contribution is 7.89. The first-order chi connectivity index (χ1) is 9.47. The Balaban J connectivity index is 1.86. The van der Waals surface area contributed by atoms with Crippen LogP contribution in [0.2, 0.25) is 0 Å². The molecule has 0 saturated carbocycles. The van der Waals surface area contributed by atoms with Crippen molar-refractivity contribution in [1.82, 2.24) is 4.31 Å². The standard InChI is InChI=1S/C13H20N2O4S/c14-11-3-1-5-13(9-11)19-7-8-20(17,18)15-6-2-4-12(16)10-15/h1,3,5,9,12,16H,2,4,6-8,10,14H2. The first kappa shape index (κ1) is 15.1. The Kier molecular flexibility index (Phi) is 4.85. The van der Waals surface area contributed by atoms with E-state index >= 15 is 0 Å². The zero-order valence-corrected chi connectivity index (χ0v) is 12.1. The van der Waals surface area contributed by atoms with Gasteiger partial charge in [-0.15, -0.1) is 0 Å². The lowest BCUT2D eigenvalue weighted by atomic mass is 10.1. The minimum Gasteiger partial charge on any atom is -0.492 e. The summed E-state index contributed by atoms with van der Waals surface area (Å²) in [6.07, 6.45) is 0.788. The van der Waals surface area contributed by atoms with Gasteiger partial charge in [0.15, 0.2) is 0 Å². The second kappa shape index (κ2) is 6.43. The van der Waals surface area contributed by atoms with E-state index in [0.717, 1.165) is 0 Å². The predicted octanol–water partition coefficient (Wildman–Crippen LogP) is 0.434. The number of nitrogens with zero attached hydrogens (tertiary/aromatic N) is 1.